The zero-order chi connectivity index (χ0) is 13.9. The maximum absolute atomic E-state index is 10.7. The molecule has 0 unspecified atom stereocenters. The number of aromatic nitrogens is 2. The van der Waals surface area contributed by atoms with E-state index >= 15 is 0 Å². The van der Waals surface area contributed by atoms with E-state index in [0.29, 0.717) is 16.9 Å². The molecule has 20 heavy (non-hydrogen) atoms. The molecule has 3 rings (SSSR count). The molecule has 0 radical (unpaired) electrons. The van der Waals surface area contributed by atoms with Crippen molar-refractivity contribution >= 4 is 16.7 Å². The molecule has 104 valence electrons. The molecule has 2 heterocycles. The summed E-state index contributed by atoms with van der Waals surface area (Å²) in [4.78, 5) is 18.8. The molecule has 1 atom stereocenters. The van der Waals surface area contributed by atoms with Crippen LogP contribution in [0, 0.1) is 10.1 Å². The zero-order valence-corrected chi connectivity index (χ0v) is 10.8. The number of hydrogen-bond acceptors (Lipinski definition) is 6. The fourth-order valence-corrected chi connectivity index (χ4v) is 2.24. The molecule has 0 bridgehead atoms. The number of nitrogens with one attached hydrogen (secondary N) is 1. The first-order valence-electron chi connectivity index (χ1n) is 6.51. The minimum absolute atomic E-state index is 0.0111. The first-order valence-corrected chi connectivity index (χ1v) is 6.51. The lowest BCUT2D eigenvalue weighted by molar-refractivity contribution is -0.384. The van der Waals surface area contributed by atoms with E-state index in [1.54, 1.807) is 6.07 Å². The Morgan fingerprint density at radius 2 is 2.30 bits per heavy atom. The van der Waals surface area contributed by atoms with Crippen LogP contribution in [0.25, 0.3) is 11.0 Å². The third-order valence-corrected chi connectivity index (χ3v) is 3.25. The van der Waals surface area contributed by atoms with E-state index in [2.05, 4.69) is 15.3 Å². The van der Waals surface area contributed by atoms with Gasteiger partial charge < -0.3 is 10.1 Å². The molecule has 1 aromatic carbocycles. The van der Waals surface area contributed by atoms with E-state index < -0.39 is 4.92 Å². The maximum Gasteiger partial charge on any atom is 0.271 e. The van der Waals surface area contributed by atoms with Crippen molar-refractivity contribution in [3.63, 3.8) is 0 Å². The number of ether oxygens (including phenoxy) is 1. The van der Waals surface area contributed by atoms with Gasteiger partial charge in [0, 0.05) is 18.7 Å². The molecule has 0 spiro atoms. The van der Waals surface area contributed by atoms with Crippen LogP contribution >= 0.6 is 0 Å². The van der Waals surface area contributed by atoms with Gasteiger partial charge in [0.15, 0.2) is 0 Å². The Bertz CT molecular complexity index is 641. The molecule has 1 aliphatic heterocycles. The molecule has 1 aliphatic rings. The van der Waals surface area contributed by atoms with E-state index in [9.17, 15) is 10.1 Å². The number of nitro benzene ring substituents is 1. The van der Waals surface area contributed by atoms with Gasteiger partial charge in [0.25, 0.3) is 5.69 Å². The number of hydrogen-bond donors (Lipinski definition) is 1. The van der Waals surface area contributed by atoms with Crippen LogP contribution in [-0.4, -0.2) is 34.1 Å². The molecule has 1 N–H and O–H groups in total. The number of nitrogens with zero attached hydrogens (tertiary/aromatic N) is 3. The standard InChI is InChI=1S/C13H14N4O3/c18-17(19)9-3-4-11-12(6-9)15-8-13(16-11)20-10-2-1-5-14-7-10/h3-4,6,8,10,14H,1-2,5,7H2/t10-/m1/s1. The zero-order valence-electron chi connectivity index (χ0n) is 10.8. The van der Waals surface area contributed by atoms with Gasteiger partial charge in [0.1, 0.15) is 6.10 Å². The Hall–Kier alpha value is -2.28. The highest BCUT2D eigenvalue weighted by Gasteiger charge is 2.15. The Kier molecular flexibility index (Phi) is 3.42. The van der Waals surface area contributed by atoms with Crippen LogP contribution in [0.1, 0.15) is 12.8 Å². The average molecular weight is 274 g/mol. The topological polar surface area (TPSA) is 90.2 Å². The van der Waals surface area contributed by atoms with Crippen molar-refractivity contribution in [2.24, 2.45) is 0 Å². The van der Waals surface area contributed by atoms with Crippen molar-refractivity contribution in [1.29, 1.82) is 0 Å². The van der Waals surface area contributed by atoms with Crippen LogP contribution < -0.4 is 10.1 Å². The summed E-state index contributed by atoms with van der Waals surface area (Å²) in [7, 11) is 0. The average Bonchev–Trinajstić information content (AvgIpc) is 2.47. The first kappa shape index (κ1) is 12.7. The number of piperidine rings is 1. The second kappa shape index (κ2) is 5.38. The lowest BCUT2D eigenvalue weighted by Crippen LogP contribution is -2.37. The molecule has 2 aromatic rings. The van der Waals surface area contributed by atoms with Crippen LogP contribution in [0.2, 0.25) is 0 Å². The molecular weight excluding hydrogens is 260 g/mol. The van der Waals surface area contributed by atoms with Gasteiger partial charge in [-0.05, 0) is 25.5 Å². The number of fused-ring (bicyclic) bond motifs is 1. The van der Waals surface area contributed by atoms with Gasteiger partial charge in [0.05, 0.1) is 22.2 Å². The molecule has 1 saturated heterocycles. The second-order valence-electron chi connectivity index (χ2n) is 4.72. The monoisotopic (exact) mass is 274 g/mol. The smallest absolute Gasteiger partial charge is 0.271 e. The van der Waals surface area contributed by atoms with Gasteiger partial charge in [-0.2, -0.15) is 0 Å². The van der Waals surface area contributed by atoms with Crippen molar-refractivity contribution in [2.45, 2.75) is 18.9 Å². The third kappa shape index (κ3) is 2.67. The molecule has 7 heteroatoms. The van der Waals surface area contributed by atoms with Gasteiger partial charge in [-0.3, -0.25) is 10.1 Å². The lowest BCUT2D eigenvalue weighted by atomic mass is 10.1. The highest BCUT2D eigenvalue weighted by molar-refractivity contribution is 5.77. The van der Waals surface area contributed by atoms with Gasteiger partial charge in [-0.1, -0.05) is 0 Å². The Labute approximate surface area is 115 Å². The summed E-state index contributed by atoms with van der Waals surface area (Å²) in [6, 6.07) is 4.42. The summed E-state index contributed by atoms with van der Waals surface area (Å²) in [5.74, 6) is 0.458. The third-order valence-electron chi connectivity index (χ3n) is 3.25. The maximum atomic E-state index is 10.7. The van der Waals surface area contributed by atoms with Crippen molar-refractivity contribution in [3.05, 3.63) is 34.5 Å². The second-order valence-corrected chi connectivity index (χ2v) is 4.72. The van der Waals surface area contributed by atoms with Gasteiger partial charge in [0.2, 0.25) is 5.88 Å². The summed E-state index contributed by atoms with van der Waals surface area (Å²) < 4.78 is 5.77. The molecule has 0 amide bonds. The number of non-ortho nitro benzene ring substituents is 1. The molecule has 7 nitrogen and oxygen atoms in total. The van der Waals surface area contributed by atoms with Crippen LogP contribution in [0.5, 0.6) is 5.88 Å². The van der Waals surface area contributed by atoms with E-state index in [0.717, 1.165) is 25.9 Å². The molecule has 1 aromatic heterocycles. The SMILES string of the molecule is O=[N+]([O-])c1ccc2nc(O[C@@H]3CCCNC3)cnc2c1. The lowest BCUT2D eigenvalue weighted by Gasteiger charge is -2.23. The highest BCUT2D eigenvalue weighted by Crippen LogP contribution is 2.20. The molecule has 0 saturated carbocycles. The number of benzene rings is 1. The Balaban J connectivity index is 1.83. The quantitative estimate of drug-likeness (QED) is 0.676. The summed E-state index contributed by atoms with van der Waals surface area (Å²) in [5, 5.41) is 14.0. The fraction of sp³-hybridized carbons (Fsp3) is 0.385. The van der Waals surface area contributed by atoms with Gasteiger partial charge in [-0.15, -0.1) is 0 Å². The normalized spacial score (nSPS) is 18.9. The van der Waals surface area contributed by atoms with Crippen molar-refractivity contribution in [1.82, 2.24) is 15.3 Å². The van der Waals surface area contributed by atoms with E-state index in [4.69, 9.17) is 4.74 Å². The largest absolute Gasteiger partial charge is 0.472 e. The number of rotatable bonds is 3. The van der Waals surface area contributed by atoms with Crippen LogP contribution in [0.15, 0.2) is 24.4 Å². The number of nitro groups is 1. The first-order chi connectivity index (χ1) is 9.72. The summed E-state index contributed by atoms with van der Waals surface area (Å²) in [6.45, 7) is 1.83. The Morgan fingerprint density at radius 3 is 3.05 bits per heavy atom. The highest BCUT2D eigenvalue weighted by atomic mass is 16.6. The van der Waals surface area contributed by atoms with Crippen LogP contribution in [-0.2, 0) is 0 Å². The minimum atomic E-state index is -0.445. The van der Waals surface area contributed by atoms with Crippen molar-refractivity contribution in [3.8, 4) is 5.88 Å². The molecule has 0 aliphatic carbocycles. The summed E-state index contributed by atoms with van der Waals surface area (Å²) in [5.41, 5.74) is 1.10. The van der Waals surface area contributed by atoms with E-state index in [-0.39, 0.29) is 11.8 Å². The summed E-state index contributed by atoms with van der Waals surface area (Å²) in [6.07, 6.45) is 3.69. The van der Waals surface area contributed by atoms with E-state index in [1.807, 2.05) is 0 Å². The van der Waals surface area contributed by atoms with E-state index in [1.165, 1.54) is 18.3 Å². The van der Waals surface area contributed by atoms with Gasteiger partial charge in [-0.25, -0.2) is 9.97 Å². The van der Waals surface area contributed by atoms with Crippen molar-refractivity contribution in [2.75, 3.05) is 13.1 Å². The Morgan fingerprint density at radius 1 is 1.40 bits per heavy atom. The predicted molar refractivity (Wildman–Crippen MR) is 72.7 cm³/mol. The van der Waals surface area contributed by atoms with Crippen LogP contribution in [0.4, 0.5) is 5.69 Å². The minimum Gasteiger partial charge on any atom is -0.472 e. The molecule has 1 fully saturated rings. The fourth-order valence-electron chi connectivity index (χ4n) is 2.24. The summed E-state index contributed by atoms with van der Waals surface area (Å²) >= 11 is 0. The predicted octanol–water partition coefficient (Wildman–Crippen LogP) is 1.67. The van der Waals surface area contributed by atoms with Gasteiger partial charge >= 0.3 is 0 Å². The van der Waals surface area contributed by atoms with Crippen LogP contribution in [0.3, 0.4) is 0 Å². The van der Waals surface area contributed by atoms with Crippen molar-refractivity contribution < 1.29 is 9.66 Å². The molecular formula is C13H14N4O3.